The van der Waals surface area contributed by atoms with Gasteiger partial charge < -0.3 is 19.7 Å². The lowest BCUT2D eigenvalue weighted by molar-refractivity contribution is -0.140. The number of rotatable bonds is 14. The van der Waals surface area contributed by atoms with E-state index in [2.05, 4.69) is 5.32 Å². The van der Waals surface area contributed by atoms with Gasteiger partial charge in [0.05, 0.1) is 24.8 Å². The molecule has 4 aromatic carbocycles. The van der Waals surface area contributed by atoms with Crippen LogP contribution in [-0.2, 0) is 32.6 Å². The van der Waals surface area contributed by atoms with Crippen LogP contribution >= 0.6 is 0 Å². The van der Waals surface area contributed by atoms with Gasteiger partial charge in [-0.15, -0.1) is 0 Å². The number of nitrogens with zero attached hydrogens (tertiary/aromatic N) is 2. The number of sulfonamides is 1. The van der Waals surface area contributed by atoms with E-state index >= 15 is 4.39 Å². The molecule has 0 spiro atoms. The van der Waals surface area contributed by atoms with Crippen molar-refractivity contribution in [2.75, 3.05) is 25.1 Å². The summed E-state index contributed by atoms with van der Waals surface area (Å²) in [6, 6.07) is 24.6. The van der Waals surface area contributed by atoms with Crippen molar-refractivity contribution < 1.29 is 31.9 Å². The van der Waals surface area contributed by atoms with Gasteiger partial charge in [-0.3, -0.25) is 13.9 Å². The van der Waals surface area contributed by atoms with Crippen molar-refractivity contribution in [1.82, 2.24) is 10.2 Å². The number of anilines is 1. The fourth-order valence-corrected chi connectivity index (χ4v) is 6.50. The fraction of sp³-hybridized carbons (Fsp3) is 0.278. The quantitative estimate of drug-likeness (QED) is 0.191. The largest absolute Gasteiger partial charge is 0.493 e. The van der Waals surface area contributed by atoms with Crippen LogP contribution < -0.4 is 19.1 Å². The summed E-state index contributed by atoms with van der Waals surface area (Å²) in [6.45, 7) is 4.46. The molecule has 248 valence electrons. The number of carbonyl (C=O) groups excluding carboxylic acids is 2. The SMILES string of the molecule is COc1ccc(N(CC(=O)N(Cc2ccccc2F)C(Cc2ccccc2)C(=O)NC(C)C)S(=O)(=O)c2ccc(C)cc2)cc1OC. The number of methoxy groups -OCH3 is 2. The molecule has 0 fully saturated rings. The molecular weight excluding hydrogens is 621 g/mol. The van der Waals surface area contributed by atoms with E-state index in [1.54, 1.807) is 38.1 Å². The van der Waals surface area contributed by atoms with Gasteiger partial charge in [-0.05, 0) is 56.7 Å². The Morgan fingerprint density at radius 3 is 2.11 bits per heavy atom. The Morgan fingerprint density at radius 2 is 1.49 bits per heavy atom. The highest BCUT2D eigenvalue weighted by atomic mass is 32.2. The molecule has 0 heterocycles. The predicted octanol–water partition coefficient (Wildman–Crippen LogP) is 5.51. The molecule has 0 saturated heterocycles. The lowest BCUT2D eigenvalue weighted by Gasteiger charge is -2.34. The maximum atomic E-state index is 15.1. The van der Waals surface area contributed by atoms with E-state index < -0.39 is 40.2 Å². The topological polar surface area (TPSA) is 105 Å². The van der Waals surface area contributed by atoms with E-state index in [-0.39, 0.29) is 40.9 Å². The van der Waals surface area contributed by atoms with Crippen molar-refractivity contribution in [3.63, 3.8) is 0 Å². The van der Waals surface area contributed by atoms with Crippen LogP contribution in [0, 0.1) is 12.7 Å². The molecular formula is C36H40FN3O6S. The number of amides is 2. The number of hydrogen-bond acceptors (Lipinski definition) is 6. The highest BCUT2D eigenvalue weighted by molar-refractivity contribution is 7.92. The van der Waals surface area contributed by atoms with Gasteiger partial charge in [-0.25, -0.2) is 12.8 Å². The third-order valence-electron chi connectivity index (χ3n) is 7.54. The van der Waals surface area contributed by atoms with Crippen molar-refractivity contribution in [3.8, 4) is 11.5 Å². The molecule has 1 atom stereocenters. The smallest absolute Gasteiger partial charge is 0.264 e. The second-order valence-electron chi connectivity index (χ2n) is 11.3. The molecule has 9 nitrogen and oxygen atoms in total. The van der Waals surface area contributed by atoms with Gasteiger partial charge in [0, 0.05) is 30.6 Å². The van der Waals surface area contributed by atoms with Gasteiger partial charge in [-0.2, -0.15) is 0 Å². The Labute approximate surface area is 276 Å². The maximum Gasteiger partial charge on any atom is 0.264 e. The van der Waals surface area contributed by atoms with Gasteiger partial charge in [0.15, 0.2) is 11.5 Å². The molecule has 0 aromatic heterocycles. The lowest BCUT2D eigenvalue weighted by Crippen LogP contribution is -2.54. The average Bonchev–Trinajstić information content (AvgIpc) is 3.05. The van der Waals surface area contributed by atoms with Crippen LogP contribution in [0.5, 0.6) is 11.5 Å². The number of aryl methyl sites for hydroxylation is 1. The summed E-state index contributed by atoms with van der Waals surface area (Å²) in [7, 11) is -1.46. The van der Waals surface area contributed by atoms with Gasteiger partial charge in [0.1, 0.15) is 18.4 Å². The molecule has 4 aromatic rings. The minimum Gasteiger partial charge on any atom is -0.493 e. The average molecular weight is 662 g/mol. The van der Waals surface area contributed by atoms with Crippen molar-refractivity contribution in [2.24, 2.45) is 0 Å². The summed E-state index contributed by atoms with van der Waals surface area (Å²) in [6.07, 6.45) is 0.112. The zero-order chi connectivity index (χ0) is 34.1. The number of carbonyl (C=O) groups is 2. The van der Waals surface area contributed by atoms with Gasteiger partial charge in [-0.1, -0.05) is 66.2 Å². The van der Waals surface area contributed by atoms with Crippen LogP contribution in [0.1, 0.15) is 30.5 Å². The highest BCUT2D eigenvalue weighted by Gasteiger charge is 2.35. The number of nitrogens with one attached hydrogen (secondary N) is 1. The van der Waals surface area contributed by atoms with Crippen LogP contribution in [0.15, 0.2) is 102 Å². The van der Waals surface area contributed by atoms with Crippen LogP contribution in [0.2, 0.25) is 0 Å². The Morgan fingerprint density at radius 1 is 0.851 bits per heavy atom. The van der Waals surface area contributed by atoms with Gasteiger partial charge >= 0.3 is 0 Å². The van der Waals surface area contributed by atoms with Crippen LogP contribution in [0.25, 0.3) is 0 Å². The fourth-order valence-electron chi connectivity index (χ4n) is 5.09. The van der Waals surface area contributed by atoms with Crippen molar-refractivity contribution in [1.29, 1.82) is 0 Å². The highest BCUT2D eigenvalue weighted by Crippen LogP contribution is 2.34. The first-order valence-electron chi connectivity index (χ1n) is 15.1. The van der Waals surface area contributed by atoms with E-state index in [0.717, 1.165) is 15.4 Å². The third-order valence-corrected chi connectivity index (χ3v) is 9.33. The summed E-state index contributed by atoms with van der Waals surface area (Å²) in [5.74, 6) is -1.10. The predicted molar refractivity (Wildman–Crippen MR) is 179 cm³/mol. The Hall–Kier alpha value is -4.90. The van der Waals surface area contributed by atoms with E-state index in [4.69, 9.17) is 9.47 Å². The van der Waals surface area contributed by atoms with Crippen LogP contribution in [0.4, 0.5) is 10.1 Å². The zero-order valence-electron chi connectivity index (χ0n) is 27.1. The number of benzene rings is 4. The first-order valence-corrected chi connectivity index (χ1v) is 16.6. The monoisotopic (exact) mass is 661 g/mol. The molecule has 0 aliphatic carbocycles. The lowest BCUT2D eigenvalue weighted by atomic mass is 10.0. The Kier molecular flexibility index (Phi) is 11.6. The van der Waals surface area contributed by atoms with Crippen molar-refractivity contribution >= 4 is 27.5 Å². The van der Waals surface area contributed by atoms with E-state index in [9.17, 15) is 18.0 Å². The molecule has 47 heavy (non-hydrogen) atoms. The van der Waals surface area contributed by atoms with E-state index in [1.807, 2.05) is 37.3 Å². The standard InChI is InChI=1S/C36H40FN3O6S/c1-25(2)38-36(42)32(21-27-11-7-6-8-12-27)39(23-28-13-9-10-14-31(28)37)35(41)24-40(29-17-20-33(45-4)34(22-29)46-5)47(43,44)30-18-15-26(3)16-19-30/h6-20,22,25,32H,21,23-24H2,1-5H3,(H,38,42). The summed E-state index contributed by atoms with van der Waals surface area (Å²) in [4.78, 5) is 29.5. The number of hydrogen-bond donors (Lipinski definition) is 1. The molecule has 4 rings (SSSR count). The molecule has 0 aliphatic rings. The van der Waals surface area contributed by atoms with E-state index in [1.165, 1.54) is 61.6 Å². The zero-order valence-corrected chi connectivity index (χ0v) is 28.0. The van der Waals surface area contributed by atoms with Crippen molar-refractivity contribution in [2.45, 2.75) is 50.7 Å². The summed E-state index contributed by atoms with van der Waals surface area (Å²) < 4.78 is 55.3. The molecule has 0 aliphatic heterocycles. The Bertz CT molecular complexity index is 1780. The molecule has 11 heteroatoms. The van der Waals surface area contributed by atoms with Crippen molar-refractivity contribution in [3.05, 3.63) is 120 Å². The molecule has 0 radical (unpaired) electrons. The summed E-state index contributed by atoms with van der Waals surface area (Å²) >= 11 is 0. The van der Waals surface area contributed by atoms with Crippen LogP contribution in [0.3, 0.4) is 0 Å². The van der Waals surface area contributed by atoms with Gasteiger partial charge in [0.25, 0.3) is 10.0 Å². The minimum atomic E-state index is -4.33. The summed E-state index contributed by atoms with van der Waals surface area (Å²) in [5.41, 5.74) is 1.93. The maximum absolute atomic E-state index is 15.1. The van der Waals surface area contributed by atoms with Crippen LogP contribution in [-0.4, -0.2) is 58.0 Å². The van der Waals surface area contributed by atoms with Gasteiger partial charge in [0.2, 0.25) is 11.8 Å². The normalized spacial score (nSPS) is 11.9. The minimum absolute atomic E-state index is 0.0373. The second-order valence-corrected chi connectivity index (χ2v) is 13.2. The Balaban J connectivity index is 1.85. The molecule has 0 saturated carbocycles. The molecule has 2 amide bonds. The first kappa shape index (κ1) is 35.0. The second kappa shape index (κ2) is 15.6. The first-order chi connectivity index (χ1) is 22.4. The third kappa shape index (κ3) is 8.68. The number of halogens is 1. The molecule has 1 N–H and O–H groups in total. The van der Waals surface area contributed by atoms with E-state index in [0.29, 0.717) is 5.75 Å². The number of ether oxygens (including phenoxy) is 2. The molecule has 1 unspecified atom stereocenters. The summed E-state index contributed by atoms with van der Waals surface area (Å²) in [5, 5.41) is 2.88. The molecule has 0 bridgehead atoms.